The highest BCUT2D eigenvalue weighted by Gasteiger charge is 2.11. The molecule has 17 heavy (non-hydrogen) atoms. The molecule has 7 nitrogen and oxygen atoms in total. The van der Waals surface area contributed by atoms with Crippen LogP contribution in [0, 0.1) is 10.1 Å². The fourth-order valence-corrected chi connectivity index (χ4v) is 1.14. The summed E-state index contributed by atoms with van der Waals surface area (Å²) in [5.74, 6) is -1.00. The second-order valence-corrected chi connectivity index (χ2v) is 3.30. The van der Waals surface area contributed by atoms with Crippen LogP contribution in [-0.2, 0) is 4.79 Å². The van der Waals surface area contributed by atoms with E-state index in [1.807, 2.05) is 0 Å². The number of carboxylic acid groups (broad SMARTS) is 1. The van der Waals surface area contributed by atoms with Crippen molar-refractivity contribution in [3.8, 4) is 0 Å². The lowest BCUT2D eigenvalue weighted by Crippen LogP contribution is -2.05. The van der Waals surface area contributed by atoms with Crippen molar-refractivity contribution in [2.75, 3.05) is 5.43 Å². The Labute approximate surface area is 96.9 Å². The molecule has 0 aliphatic heterocycles. The molecule has 0 radical (unpaired) electrons. The van der Waals surface area contributed by atoms with Gasteiger partial charge in [-0.25, -0.2) is 0 Å². The van der Waals surface area contributed by atoms with Gasteiger partial charge in [-0.15, -0.1) is 0 Å². The van der Waals surface area contributed by atoms with Crippen molar-refractivity contribution in [2.24, 2.45) is 5.10 Å². The predicted molar refractivity (Wildman–Crippen MR) is 62.1 cm³/mol. The molecule has 0 aromatic heterocycles. The lowest BCUT2D eigenvalue weighted by atomic mass is 10.3. The first-order valence-corrected chi connectivity index (χ1v) is 4.75. The Balaban J connectivity index is 2.82. The first-order chi connectivity index (χ1) is 8.00. The zero-order valence-corrected chi connectivity index (χ0v) is 9.08. The maximum Gasteiger partial charge on any atom is 0.309 e. The van der Waals surface area contributed by atoms with Crippen LogP contribution < -0.4 is 5.43 Å². The fraction of sp³-hybridized carbons (Fsp3) is 0.200. The summed E-state index contributed by atoms with van der Waals surface area (Å²) in [5.41, 5.74) is 2.92. The number of hydrogen-bond acceptors (Lipinski definition) is 5. The number of hydrogen-bond donors (Lipinski definition) is 2. The molecule has 0 aliphatic carbocycles. The predicted octanol–water partition coefficient (Wildman–Crippen LogP) is 1.86. The number of benzene rings is 1. The third kappa shape index (κ3) is 3.90. The Morgan fingerprint density at radius 3 is 2.76 bits per heavy atom. The number of rotatable bonds is 5. The van der Waals surface area contributed by atoms with Crippen molar-refractivity contribution in [1.82, 2.24) is 0 Å². The zero-order valence-electron chi connectivity index (χ0n) is 9.08. The van der Waals surface area contributed by atoms with Crippen LogP contribution in [0.25, 0.3) is 0 Å². The van der Waals surface area contributed by atoms with Gasteiger partial charge in [-0.1, -0.05) is 12.1 Å². The number of hydrazone groups is 1. The van der Waals surface area contributed by atoms with E-state index in [4.69, 9.17) is 5.11 Å². The molecule has 90 valence electrons. The quantitative estimate of drug-likeness (QED) is 0.462. The summed E-state index contributed by atoms with van der Waals surface area (Å²) < 4.78 is 0. The number of aliphatic carboxylic acids is 1. The van der Waals surface area contributed by atoms with Crippen molar-refractivity contribution in [3.05, 3.63) is 34.4 Å². The number of nitrogens with one attached hydrogen (secondary N) is 1. The van der Waals surface area contributed by atoms with Gasteiger partial charge in [-0.2, -0.15) is 5.10 Å². The van der Waals surface area contributed by atoms with Crippen molar-refractivity contribution < 1.29 is 14.8 Å². The molecule has 2 N–H and O–H groups in total. The number of nitro groups is 1. The maximum atomic E-state index is 10.7. The van der Waals surface area contributed by atoms with E-state index >= 15 is 0 Å². The third-order valence-corrected chi connectivity index (χ3v) is 1.88. The van der Waals surface area contributed by atoms with E-state index in [0.717, 1.165) is 0 Å². The molecule has 0 heterocycles. The van der Waals surface area contributed by atoms with E-state index in [0.29, 0.717) is 5.71 Å². The van der Waals surface area contributed by atoms with Crippen molar-refractivity contribution in [2.45, 2.75) is 13.3 Å². The molecule has 1 rings (SSSR count). The number of anilines is 1. The lowest BCUT2D eigenvalue weighted by molar-refractivity contribution is -0.384. The standard InChI is InChI=1S/C10H11N3O4/c1-7(6-10(14)15)11-12-8-4-2-3-5-9(8)13(16)17/h2-5,12H,6H2,1H3,(H,14,15)/b11-7-. The SMILES string of the molecule is C/C(CC(=O)O)=N/Nc1ccccc1[N+](=O)[O-]. The molecule has 0 amide bonds. The number of nitro benzene ring substituents is 1. The van der Waals surface area contributed by atoms with Gasteiger partial charge in [0.25, 0.3) is 5.69 Å². The van der Waals surface area contributed by atoms with Gasteiger partial charge >= 0.3 is 5.97 Å². The minimum Gasteiger partial charge on any atom is -0.481 e. The number of carboxylic acids is 1. The lowest BCUT2D eigenvalue weighted by Gasteiger charge is -2.02. The largest absolute Gasteiger partial charge is 0.481 e. The van der Waals surface area contributed by atoms with E-state index in [1.54, 1.807) is 6.07 Å². The number of para-hydroxylation sites is 2. The van der Waals surface area contributed by atoms with E-state index in [-0.39, 0.29) is 17.8 Å². The summed E-state index contributed by atoms with van der Waals surface area (Å²) in [5, 5.41) is 22.9. The topological polar surface area (TPSA) is 105 Å². The van der Waals surface area contributed by atoms with Crippen LogP contribution in [0.4, 0.5) is 11.4 Å². The minimum atomic E-state index is -1.00. The average Bonchev–Trinajstić information content (AvgIpc) is 2.25. The highest BCUT2D eigenvalue weighted by molar-refractivity contribution is 5.97. The highest BCUT2D eigenvalue weighted by atomic mass is 16.6. The second kappa shape index (κ2) is 5.59. The smallest absolute Gasteiger partial charge is 0.309 e. The summed E-state index contributed by atoms with van der Waals surface area (Å²) in [6.45, 7) is 1.52. The third-order valence-electron chi connectivity index (χ3n) is 1.88. The van der Waals surface area contributed by atoms with Crippen LogP contribution in [0.3, 0.4) is 0 Å². The summed E-state index contributed by atoms with van der Waals surface area (Å²) >= 11 is 0. The molecule has 1 aromatic rings. The second-order valence-electron chi connectivity index (χ2n) is 3.30. The molecule has 0 aliphatic rings. The Morgan fingerprint density at radius 2 is 2.18 bits per heavy atom. The molecule has 0 fully saturated rings. The monoisotopic (exact) mass is 237 g/mol. The Hall–Kier alpha value is -2.44. The molecule has 0 spiro atoms. The summed E-state index contributed by atoms with van der Waals surface area (Å²) in [4.78, 5) is 20.5. The molecular formula is C10H11N3O4. The van der Waals surface area contributed by atoms with Gasteiger partial charge in [-0.05, 0) is 13.0 Å². The number of carbonyl (C=O) groups is 1. The molecule has 0 atom stereocenters. The molecular weight excluding hydrogens is 226 g/mol. The van der Waals surface area contributed by atoms with Gasteiger partial charge in [0, 0.05) is 11.8 Å². The van der Waals surface area contributed by atoms with Gasteiger partial charge < -0.3 is 5.11 Å². The van der Waals surface area contributed by atoms with Crippen LogP contribution in [0.15, 0.2) is 29.4 Å². The molecule has 7 heteroatoms. The first-order valence-electron chi connectivity index (χ1n) is 4.75. The number of nitrogens with zero attached hydrogens (tertiary/aromatic N) is 2. The van der Waals surface area contributed by atoms with E-state index < -0.39 is 10.9 Å². The van der Waals surface area contributed by atoms with Gasteiger partial charge in [-0.3, -0.25) is 20.3 Å². The van der Waals surface area contributed by atoms with Crippen molar-refractivity contribution in [3.63, 3.8) is 0 Å². The Kier molecular flexibility index (Phi) is 4.15. The van der Waals surface area contributed by atoms with Crippen LogP contribution in [0.2, 0.25) is 0 Å². The fourth-order valence-electron chi connectivity index (χ4n) is 1.14. The molecule has 0 bridgehead atoms. The summed E-state index contributed by atoms with van der Waals surface area (Å²) in [6.07, 6.45) is -0.215. The van der Waals surface area contributed by atoms with E-state index in [1.165, 1.54) is 25.1 Å². The van der Waals surface area contributed by atoms with E-state index in [2.05, 4.69) is 10.5 Å². The Morgan fingerprint density at radius 1 is 1.53 bits per heavy atom. The van der Waals surface area contributed by atoms with Gasteiger partial charge in [0.2, 0.25) is 0 Å². The maximum absolute atomic E-state index is 10.7. The van der Waals surface area contributed by atoms with Gasteiger partial charge in [0.1, 0.15) is 5.69 Å². The summed E-state index contributed by atoms with van der Waals surface area (Å²) in [7, 11) is 0. The molecule has 1 aromatic carbocycles. The molecule has 0 saturated heterocycles. The Bertz CT molecular complexity index is 470. The first kappa shape index (κ1) is 12.6. The van der Waals surface area contributed by atoms with Crippen LogP contribution in [0.1, 0.15) is 13.3 Å². The van der Waals surface area contributed by atoms with Gasteiger partial charge in [0.15, 0.2) is 0 Å². The molecule has 0 unspecified atom stereocenters. The molecule has 0 saturated carbocycles. The van der Waals surface area contributed by atoms with Crippen molar-refractivity contribution in [1.29, 1.82) is 0 Å². The van der Waals surface area contributed by atoms with Gasteiger partial charge in [0.05, 0.1) is 11.3 Å². The summed E-state index contributed by atoms with van der Waals surface area (Å²) in [6, 6.07) is 5.99. The van der Waals surface area contributed by atoms with Crippen LogP contribution in [-0.4, -0.2) is 21.7 Å². The zero-order chi connectivity index (χ0) is 12.8. The minimum absolute atomic E-state index is 0.112. The van der Waals surface area contributed by atoms with Crippen LogP contribution in [0.5, 0.6) is 0 Å². The van der Waals surface area contributed by atoms with Crippen molar-refractivity contribution >= 4 is 23.1 Å². The highest BCUT2D eigenvalue weighted by Crippen LogP contribution is 2.22. The normalized spacial score (nSPS) is 11.0. The van der Waals surface area contributed by atoms with Crippen LogP contribution >= 0.6 is 0 Å². The average molecular weight is 237 g/mol. The van der Waals surface area contributed by atoms with E-state index in [9.17, 15) is 14.9 Å².